The van der Waals surface area contributed by atoms with Crippen LogP contribution < -0.4 is 5.32 Å². The molecule has 5 rings (SSSR count). The molecule has 4 aromatic rings. The van der Waals surface area contributed by atoms with E-state index < -0.39 is 10.0 Å². The molecule has 1 aromatic heterocycles. The van der Waals surface area contributed by atoms with Gasteiger partial charge in [0.2, 0.25) is 10.0 Å². The van der Waals surface area contributed by atoms with Gasteiger partial charge in [-0.15, -0.1) is 0 Å². The number of nitrogens with zero attached hydrogens (tertiary/aromatic N) is 2. The predicted molar refractivity (Wildman–Crippen MR) is 148 cm³/mol. The largest absolute Gasteiger partial charge is 0.343 e. The topological polar surface area (TPSA) is 79.4 Å². The van der Waals surface area contributed by atoms with E-state index in [0.717, 1.165) is 24.0 Å². The van der Waals surface area contributed by atoms with Crippen molar-refractivity contribution < 1.29 is 13.2 Å². The molecule has 1 heterocycles. The summed E-state index contributed by atoms with van der Waals surface area (Å²) in [5, 5.41) is 3.66. The van der Waals surface area contributed by atoms with Crippen LogP contribution in [0.4, 0.5) is 0 Å². The highest BCUT2D eigenvalue weighted by atomic mass is 35.5. The standard InChI is InChI=1S/C30H28ClN3O3S/c1-22-5-11-25(12-6-22)30(17-18-30)33-29(35)24-9-7-23(8-10-24)20-34(21-27-4-2-3-19-32-27)38(36,37)28-15-13-26(31)14-16-28/h2-16,19H,17-18,20-21H2,1H3,(H,33,35). The number of benzene rings is 3. The summed E-state index contributed by atoms with van der Waals surface area (Å²) in [5.74, 6) is -0.145. The van der Waals surface area contributed by atoms with Gasteiger partial charge in [0.05, 0.1) is 22.7 Å². The Morgan fingerprint density at radius 3 is 2.21 bits per heavy atom. The quantitative estimate of drug-likeness (QED) is 0.286. The van der Waals surface area contributed by atoms with Gasteiger partial charge in [0.15, 0.2) is 0 Å². The first-order valence-corrected chi connectivity index (χ1v) is 14.2. The molecule has 1 saturated carbocycles. The first-order valence-electron chi connectivity index (χ1n) is 12.4. The molecular weight excluding hydrogens is 518 g/mol. The Kier molecular flexibility index (Phi) is 7.34. The lowest BCUT2D eigenvalue weighted by molar-refractivity contribution is 0.0930. The number of sulfonamides is 1. The van der Waals surface area contributed by atoms with Crippen LogP contribution in [-0.2, 0) is 28.7 Å². The van der Waals surface area contributed by atoms with E-state index in [1.165, 1.54) is 22.0 Å². The summed E-state index contributed by atoms with van der Waals surface area (Å²) >= 11 is 5.98. The summed E-state index contributed by atoms with van der Waals surface area (Å²) in [6.07, 6.45) is 3.45. The molecule has 3 aromatic carbocycles. The monoisotopic (exact) mass is 545 g/mol. The minimum absolute atomic E-state index is 0.104. The molecule has 8 heteroatoms. The van der Waals surface area contributed by atoms with E-state index in [-0.39, 0.29) is 29.4 Å². The Balaban J connectivity index is 1.34. The normalized spacial score (nSPS) is 14.3. The van der Waals surface area contributed by atoms with Crippen LogP contribution in [0.3, 0.4) is 0 Å². The maximum absolute atomic E-state index is 13.5. The van der Waals surface area contributed by atoms with Crippen LogP contribution in [0.15, 0.2) is 102 Å². The SMILES string of the molecule is Cc1ccc(C2(NC(=O)c3ccc(CN(Cc4ccccn4)S(=O)(=O)c4ccc(Cl)cc4)cc3)CC2)cc1. The molecule has 1 N–H and O–H groups in total. The number of aryl methyl sites for hydroxylation is 1. The van der Waals surface area contributed by atoms with E-state index in [1.54, 1.807) is 54.7 Å². The molecule has 0 bridgehead atoms. The summed E-state index contributed by atoms with van der Waals surface area (Å²) in [6, 6.07) is 26.9. The number of hydrogen-bond acceptors (Lipinski definition) is 4. The fraction of sp³-hybridized carbons (Fsp3) is 0.200. The van der Waals surface area contributed by atoms with Crippen LogP contribution >= 0.6 is 11.6 Å². The first kappa shape index (κ1) is 26.1. The number of nitrogens with one attached hydrogen (secondary N) is 1. The molecule has 0 atom stereocenters. The third-order valence-electron chi connectivity index (χ3n) is 6.80. The van der Waals surface area contributed by atoms with Gasteiger partial charge >= 0.3 is 0 Å². The summed E-state index contributed by atoms with van der Waals surface area (Å²) in [4.78, 5) is 17.5. The van der Waals surface area contributed by atoms with Crippen molar-refractivity contribution in [3.05, 3.63) is 130 Å². The van der Waals surface area contributed by atoms with Crippen LogP contribution in [0, 0.1) is 6.92 Å². The van der Waals surface area contributed by atoms with Crippen molar-refractivity contribution in [3.8, 4) is 0 Å². The van der Waals surface area contributed by atoms with Gasteiger partial charge in [-0.25, -0.2) is 8.42 Å². The minimum atomic E-state index is -3.83. The number of hydrogen-bond donors (Lipinski definition) is 1. The fourth-order valence-electron chi connectivity index (χ4n) is 4.39. The highest BCUT2D eigenvalue weighted by Crippen LogP contribution is 2.45. The first-order chi connectivity index (χ1) is 18.2. The van der Waals surface area contributed by atoms with E-state index in [4.69, 9.17) is 11.6 Å². The Bertz CT molecular complexity index is 1520. The van der Waals surface area contributed by atoms with Gasteiger partial charge in [-0.3, -0.25) is 9.78 Å². The highest BCUT2D eigenvalue weighted by Gasteiger charge is 2.45. The van der Waals surface area contributed by atoms with Crippen LogP contribution in [0.2, 0.25) is 5.02 Å². The van der Waals surface area contributed by atoms with Crippen molar-refractivity contribution in [2.75, 3.05) is 0 Å². The summed E-state index contributed by atoms with van der Waals surface area (Å²) in [5.41, 5.74) is 3.91. The molecule has 0 aliphatic heterocycles. The van der Waals surface area contributed by atoms with E-state index in [2.05, 4.69) is 34.6 Å². The zero-order valence-corrected chi connectivity index (χ0v) is 22.5. The van der Waals surface area contributed by atoms with Crippen molar-refractivity contribution in [1.82, 2.24) is 14.6 Å². The van der Waals surface area contributed by atoms with Gasteiger partial charge in [0.25, 0.3) is 5.91 Å². The molecule has 1 amide bonds. The highest BCUT2D eigenvalue weighted by molar-refractivity contribution is 7.89. The average molecular weight is 546 g/mol. The Morgan fingerprint density at radius 2 is 1.61 bits per heavy atom. The Labute approximate surface area is 228 Å². The molecule has 0 unspecified atom stereocenters. The van der Waals surface area contributed by atoms with Crippen LogP contribution in [-0.4, -0.2) is 23.6 Å². The molecular formula is C30H28ClN3O3S. The Morgan fingerprint density at radius 1 is 0.921 bits per heavy atom. The van der Waals surface area contributed by atoms with Crippen molar-refractivity contribution in [2.45, 2.75) is 43.3 Å². The van der Waals surface area contributed by atoms with Gasteiger partial charge in [0.1, 0.15) is 0 Å². The molecule has 6 nitrogen and oxygen atoms in total. The summed E-state index contributed by atoms with van der Waals surface area (Å²) in [7, 11) is -3.83. The predicted octanol–water partition coefficient (Wildman–Crippen LogP) is 5.85. The Hall–Kier alpha value is -3.52. The molecule has 1 fully saturated rings. The van der Waals surface area contributed by atoms with Crippen LogP contribution in [0.25, 0.3) is 0 Å². The summed E-state index contributed by atoms with van der Waals surface area (Å²) < 4.78 is 28.5. The lowest BCUT2D eigenvalue weighted by Crippen LogP contribution is -2.34. The van der Waals surface area contributed by atoms with E-state index in [0.29, 0.717) is 16.3 Å². The number of aromatic nitrogens is 1. The molecule has 0 saturated heterocycles. The van der Waals surface area contributed by atoms with E-state index in [1.807, 2.05) is 13.0 Å². The van der Waals surface area contributed by atoms with Crippen molar-refractivity contribution in [1.29, 1.82) is 0 Å². The second kappa shape index (κ2) is 10.7. The number of rotatable bonds is 9. The van der Waals surface area contributed by atoms with Crippen molar-refractivity contribution in [3.63, 3.8) is 0 Å². The molecule has 1 aliphatic rings. The maximum Gasteiger partial charge on any atom is 0.251 e. The van der Waals surface area contributed by atoms with Crippen molar-refractivity contribution >= 4 is 27.5 Å². The van der Waals surface area contributed by atoms with Gasteiger partial charge in [0, 0.05) is 23.3 Å². The second-order valence-corrected chi connectivity index (χ2v) is 12.0. The van der Waals surface area contributed by atoms with Crippen LogP contribution in [0.1, 0.15) is 45.6 Å². The van der Waals surface area contributed by atoms with Gasteiger partial charge in [-0.1, -0.05) is 59.6 Å². The zero-order valence-electron chi connectivity index (χ0n) is 21.0. The number of pyridine rings is 1. The number of halogens is 1. The number of carbonyl (C=O) groups is 1. The van der Waals surface area contributed by atoms with E-state index in [9.17, 15) is 13.2 Å². The van der Waals surface area contributed by atoms with Crippen molar-refractivity contribution in [2.24, 2.45) is 0 Å². The van der Waals surface area contributed by atoms with E-state index >= 15 is 0 Å². The third kappa shape index (κ3) is 5.80. The minimum Gasteiger partial charge on any atom is -0.343 e. The summed E-state index contributed by atoms with van der Waals surface area (Å²) in [6.45, 7) is 2.27. The molecule has 0 spiro atoms. The smallest absolute Gasteiger partial charge is 0.251 e. The van der Waals surface area contributed by atoms with Crippen LogP contribution in [0.5, 0.6) is 0 Å². The lowest BCUT2D eigenvalue weighted by atomic mass is 10.0. The number of carbonyl (C=O) groups excluding carboxylic acids is 1. The van der Waals surface area contributed by atoms with Gasteiger partial charge in [-0.2, -0.15) is 4.31 Å². The van der Waals surface area contributed by atoms with Gasteiger partial charge in [-0.05, 0) is 79.4 Å². The molecule has 194 valence electrons. The average Bonchev–Trinajstić information content (AvgIpc) is 3.70. The maximum atomic E-state index is 13.5. The molecule has 38 heavy (non-hydrogen) atoms. The molecule has 1 aliphatic carbocycles. The lowest BCUT2D eigenvalue weighted by Gasteiger charge is -2.22. The third-order valence-corrected chi connectivity index (χ3v) is 8.86. The number of amides is 1. The molecule has 0 radical (unpaired) electrons. The second-order valence-electron chi connectivity index (χ2n) is 9.65. The fourth-order valence-corrected chi connectivity index (χ4v) is 5.92. The zero-order chi connectivity index (χ0) is 26.8. The van der Waals surface area contributed by atoms with Gasteiger partial charge < -0.3 is 5.32 Å².